The number of halogens is 1. The Kier molecular flexibility index (Phi) is 6.65. The number of hydrogen-bond donors (Lipinski definition) is 1. The van der Waals surface area contributed by atoms with Crippen LogP contribution in [0.1, 0.15) is 27.2 Å². The van der Waals surface area contributed by atoms with Crippen LogP contribution >= 0.6 is 22.9 Å². The van der Waals surface area contributed by atoms with Gasteiger partial charge < -0.3 is 5.11 Å². The number of hydrogen-bond acceptors (Lipinski definition) is 6. The molecule has 0 aliphatic rings. The molecule has 0 radical (unpaired) electrons. The van der Waals surface area contributed by atoms with Crippen molar-refractivity contribution >= 4 is 56.5 Å². The maximum Gasteiger partial charge on any atom is 0.262 e. The van der Waals surface area contributed by atoms with Crippen molar-refractivity contribution in [2.45, 2.75) is 20.0 Å². The number of nitrogens with zero attached hydrogens (tertiary/aromatic N) is 4. The average Bonchev–Trinajstić information content (AvgIpc) is 3.51. The highest BCUT2D eigenvalue weighted by molar-refractivity contribution is 7.13. The van der Waals surface area contributed by atoms with Gasteiger partial charge in [0.2, 0.25) is 5.91 Å². The second kappa shape index (κ2) is 10.0. The first-order valence-corrected chi connectivity index (χ1v) is 12.4. The zero-order chi connectivity index (χ0) is 25.2. The maximum atomic E-state index is 13.8. The molecule has 0 unspecified atom stereocenters. The molecule has 180 valence electrons. The molecule has 3 aromatic heterocycles. The van der Waals surface area contributed by atoms with Gasteiger partial charge >= 0.3 is 0 Å². The predicted molar refractivity (Wildman–Crippen MR) is 141 cm³/mol. The van der Waals surface area contributed by atoms with Crippen LogP contribution in [0.4, 0.5) is 10.8 Å². The third-order valence-electron chi connectivity index (χ3n) is 5.98. The fourth-order valence-corrected chi connectivity index (χ4v) is 5.05. The molecular weight excluding hydrogens is 496 g/mol. The fraction of sp³-hybridized carbons (Fsp3) is 0.111. The van der Waals surface area contributed by atoms with E-state index in [0.717, 1.165) is 5.39 Å². The molecule has 0 saturated carbocycles. The number of fused-ring (bicyclic) bond motifs is 1. The molecule has 5 rings (SSSR count). The topological polar surface area (TPSA) is 88.3 Å². The number of amides is 1. The van der Waals surface area contributed by atoms with Crippen LogP contribution < -0.4 is 4.90 Å². The molecule has 0 fully saturated rings. The van der Waals surface area contributed by atoms with E-state index in [4.69, 9.17) is 11.6 Å². The minimum Gasteiger partial charge on any atom is -0.392 e. The number of rotatable bonds is 6. The van der Waals surface area contributed by atoms with E-state index in [1.807, 2.05) is 18.4 Å². The van der Waals surface area contributed by atoms with Gasteiger partial charge in [0.05, 0.1) is 24.2 Å². The average molecular weight is 517 g/mol. The van der Waals surface area contributed by atoms with Crippen molar-refractivity contribution in [2.75, 3.05) is 4.90 Å². The van der Waals surface area contributed by atoms with Crippen LogP contribution in [-0.2, 0) is 17.8 Å². The monoisotopic (exact) mass is 516 g/mol. The van der Waals surface area contributed by atoms with Crippen LogP contribution in [0.2, 0.25) is 5.02 Å². The van der Waals surface area contributed by atoms with Crippen LogP contribution in [0.3, 0.4) is 0 Å². The summed E-state index contributed by atoms with van der Waals surface area (Å²) in [4.78, 5) is 37.3. The Bertz CT molecular complexity index is 1550. The van der Waals surface area contributed by atoms with Gasteiger partial charge in [0.15, 0.2) is 5.13 Å². The number of carbonyl (C=O) groups excluding carboxylic acids is 2. The first-order valence-electron chi connectivity index (χ1n) is 11.1. The summed E-state index contributed by atoms with van der Waals surface area (Å²) in [6, 6.07) is 15.6. The molecular formula is C27H21ClN4O3S. The molecule has 0 aliphatic heterocycles. The molecule has 3 heterocycles. The van der Waals surface area contributed by atoms with Crippen molar-refractivity contribution in [3.05, 3.63) is 106 Å². The zero-order valence-electron chi connectivity index (χ0n) is 19.3. The molecule has 2 aromatic carbocycles. The standard InChI is InChI=1S/C27H21ClN4O3S/c1-17-22(15-25(34)32(27-30-12-13-36-27)21-8-10-29-11-9-21)23-14-18(16-33)2-7-24(23)31(17)26(35)19-3-5-20(28)6-4-19/h2-14,33H,15-16H2,1H3. The summed E-state index contributed by atoms with van der Waals surface area (Å²) < 4.78 is 1.61. The lowest BCUT2D eigenvalue weighted by atomic mass is 10.0. The second-order valence-corrected chi connectivity index (χ2v) is 9.46. The molecule has 0 atom stereocenters. The normalized spacial score (nSPS) is 11.1. The number of aliphatic hydroxyl groups excluding tert-OH is 1. The number of benzene rings is 2. The van der Waals surface area contributed by atoms with Gasteiger partial charge in [-0.05, 0) is 66.6 Å². The smallest absolute Gasteiger partial charge is 0.262 e. The summed E-state index contributed by atoms with van der Waals surface area (Å²) in [6.07, 6.45) is 4.92. The minimum absolute atomic E-state index is 0.0278. The molecule has 0 bridgehead atoms. The molecule has 36 heavy (non-hydrogen) atoms. The van der Waals surface area contributed by atoms with E-state index in [9.17, 15) is 14.7 Å². The molecule has 1 amide bonds. The fourth-order valence-electron chi connectivity index (χ4n) is 4.25. The van der Waals surface area contributed by atoms with Gasteiger partial charge in [-0.15, -0.1) is 11.3 Å². The molecule has 1 N–H and O–H groups in total. The van der Waals surface area contributed by atoms with Crippen molar-refractivity contribution < 1.29 is 14.7 Å². The van der Waals surface area contributed by atoms with Crippen molar-refractivity contribution in [1.82, 2.24) is 14.5 Å². The third-order valence-corrected chi connectivity index (χ3v) is 6.99. The van der Waals surface area contributed by atoms with Gasteiger partial charge in [0, 0.05) is 45.6 Å². The van der Waals surface area contributed by atoms with Gasteiger partial charge in [-0.25, -0.2) is 4.98 Å². The van der Waals surface area contributed by atoms with E-state index in [1.54, 1.807) is 76.6 Å². The Labute approximate surface area is 216 Å². The molecule has 0 aliphatic carbocycles. The lowest BCUT2D eigenvalue weighted by Crippen LogP contribution is -2.27. The van der Waals surface area contributed by atoms with Crippen LogP contribution in [0.5, 0.6) is 0 Å². The highest BCUT2D eigenvalue weighted by atomic mass is 35.5. The van der Waals surface area contributed by atoms with E-state index in [0.29, 0.717) is 43.7 Å². The van der Waals surface area contributed by atoms with Crippen molar-refractivity contribution in [1.29, 1.82) is 0 Å². The lowest BCUT2D eigenvalue weighted by molar-refractivity contribution is -0.117. The zero-order valence-corrected chi connectivity index (χ0v) is 20.8. The summed E-state index contributed by atoms with van der Waals surface area (Å²) in [7, 11) is 0. The van der Waals surface area contributed by atoms with E-state index < -0.39 is 0 Å². The van der Waals surface area contributed by atoms with Gasteiger partial charge in [-0.1, -0.05) is 17.7 Å². The molecule has 5 aromatic rings. The first-order chi connectivity index (χ1) is 17.5. The highest BCUT2D eigenvalue weighted by Crippen LogP contribution is 2.32. The Hall–Kier alpha value is -3.85. The summed E-state index contributed by atoms with van der Waals surface area (Å²) >= 11 is 7.37. The SMILES string of the molecule is Cc1c(CC(=O)N(c2ccncc2)c2nccs2)c2cc(CO)ccc2n1C(=O)c1ccc(Cl)cc1. The van der Waals surface area contributed by atoms with Gasteiger partial charge in [0.1, 0.15) is 0 Å². The Morgan fingerprint density at radius 2 is 1.81 bits per heavy atom. The Balaban J connectivity index is 1.62. The number of thiazole rings is 1. The van der Waals surface area contributed by atoms with E-state index in [2.05, 4.69) is 9.97 Å². The lowest BCUT2D eigenvalue weighted by Gasteiger charge is -2.20. The number of aliphatic hydroxyl groups is 1. The number of anilines is 2. The summed E-state index contributed by atoms with van der Waals surface area (Å²) in [5.74, 6) is -0.429. The van der Waals surface area contributed by atoms with E-state index >= 15 is 0 Å². The van der Waals surface area contributed by atoms with Gasteiger partial charge in [0.25, 0.3) is 5.91 Å². The van der Waals surface area contributed by atoms with Gasteiger partial charge in [-0.3, -0.25) is 24.0 Å². The van der Waals surface area contributed by atoms with E-state index in [-0.39, 0.29) is 24.8 Å². The van der Waals surface area contributed by atoms with Crippen LogP contribution in [0, 0.1) is 6.92 Å². The number of pyridine rings is 1. The molecule has 0 spiro atoms. The Morgan fingerprint density at radius 1 is 1.06 bits per heavy atom. The summed E-state index contributed by atoms with van der Waals surface area (Å²) in [6.45, 7) is 1.68. The molecule has 9 heteroatoms. The second-order valence-electron chi connectivity index (χ2n) is 8.15. The van der Waals surface area contributed by atoms with Crippen molar-refractivity contribution in [3.8, 4) is 0 Å². The quantitative estimate of drug-likeness (QED) is 0.320. The predicted octanol–water partition coefficient (Wildman–Crippen LogP) is 5.54. The molecule has 0 saturated heterocycles. The Morgan fingerprint density at radius 3 is 2.47 bits per heavy atom. The highest BCUT2D eigenvalue weighted by Gasteiger charge is 2.26. The summed E-state index contributed by atoms with van der Waals surface area (Å²) in [5.41, 5.74) is 3.85. The van der Waals surface area contributed by atoms with Crippen LogP contribution in [0.25, 0.3) is 10.9 Å². The van der Waals surface area contributed by atoms with E-state index in [1.165, 1.54) is 11.3 Å². The van der Waals surface area contributed by atoms with Crippen molar-refractivity contribution in [3.63, 3.8) is 0 Å². The van der Waals surface area contributed by atoms with Crippen LogP contribution in [-0.4, -0.2) is 31.5 Å². The minimum atomic E-state index is -0.226. The largest absolute Gasteiger partial charge is 0.392 e. The van der Waals surface area contributed by atoms with Gasteiger partial charge in [-0.2, -0.15) is 0 Å². The molecule has 7 nitrogen and oxygen atoms in total. The maximum absolute atomic E-state index is 13.8. The van der Waals surface area contributed by atoms with Crippen LogP contribution in [0.15, 0.2) is 78.6 Å². The third kappa shape index (κ3) is 4.42. The summed E-state index contributed by atoms with van der Waals surface area (Å²) in [5, 5.41) is 13.4. The van der Waals surface area contributed by atoms with Crippen molar-refractivity contribution in [2.24, 2.45) is 0 Å². The first kappa shape index (κ1) is 23.9. The number of aromatic nitrogens is 3. The number of carbonyl (C=O) groups is 2.